The Bertz CT molecular complexity index is 3650. The molecule has 0 aliphatic heterocycles. The molecule has 6 nitrogen and oxygen atoms in total. The highest BCUT2D eigenvalue weighted by Gasteiger charge is 2.26. The van der Waals surface area contributed by atoms with Crippen molar-refractivity contribution in [3.8, 4) is 34.2 Å². The standard InChI is InChI=1S/C52H31N3O3/c1-3-32(29-15-7-5-8-16-29)44-37-24-23-31(27-43(37)56-41(44)4-2)51-53-50(30-17-9-6-10-18-30)54-52(55-51)38-26-25-36-33-19-11-12-20-34(33)39-28-40-35-21-13-14-22-42(35)57-48(40)49-46(39)45(36)47(38)58-49/h3-28H,2H2,1H3/b32-3-. The van der Waals surface area contributed by atoms with Gasteiger partial charge in [0.15, 0.2) is 28.6 Å². The molecular weight excluding hydrogens is 715 g/mol. The van der Waals surface area contributed by atoms with Crippen LogP contribution in [-0.4, -0.2) is 15.0 Å². The third kappa shape index (κ3) is 4.63. The van der Waals surface area contributed by atoms with Crippen molar-refractivity contribution in [2.24, 2.45) is 0 Å². The number of hydrogen-bond donors (Lipinski definition) is 0. The highest BCUT2D eigenvalue weighted by Crippen LogP contribution is 2.49. The first-order valence-electron chi connectivity index (χ1n) is 19.3. The molecule has 0 atom stereocenters. The van der Waals surface area contributed by atoms with Crippen LogP contribution < -0.4 is 0 Å². The van der Waals surface area contributed by atoms with E-state index in [0.29, 0.717) is 40.0 Å². The second-order valence-corrected chi connectivity index (χ2v) is 14.6. The maximum absolute atomic E-state index is 7.04. The lowest BCUT2D eigenvalue weighted by molar-refractivity contribution is 0.603. The van der Waals surface area contributed by atoms with Crippen LogP contribution in [0.4, 0.5) is 0 Å². The van der Waals surface area contributed by atoms with Gasteiger partial charge in [-0.1, -0.05) is 128 Å². The number of rotatable bonds is 6. The Labute approximate surface area is 331 Å². The van der Waals surface area contributed by atoms with Crippen LogP contribution in [0.2, 0.25) is 0 Å². The van der Waals surface area contributed by atoms with Crippen molar-refractivity contribution in [3.63, 3.8) is 0 Å². The summed E-state index contributed by atoms with van der Waals surface area (Å²) in [5.74, 6) is 2.28. The molecule has 0 N–H and O–H groups in total. The average molecular weight is 746 g/mol. The first-order valence-corrected chi connectivity index (χ1v) is 19.3. The molecule has 0 unspecified atom stereocenters. The Balaban J connectivity index is 1.11. The lowest BCUT2D eigenvalue weighted by Crippen LogP contribution is -2.00. The average Bonchev–Trinajstić information content (AvgIpc) is 3.99. The zero-order valence-electron chi connectivity index (χ0n) is 31.3. The quantitative estimate of drug-likeness (QED) is 0.158. The molecule has 0 fully saturated rings. The van der Waals surface area contributed by atoms with Gasteiger partial charge in [0.2, 0.25) is 0 Å². The first kappa shape index (κ1) is 32.4. The van der Waals surface area contributed by atoms with Crippen LogP contribution in [0.3, 0.4) is 0 Å². The van der Waals surface area contributed by atoms with E-state index in [1.807, 2.05) is 79.7 Å². The van der Waals surface area contributed by atoms with E-state index in [-0.39, 0.29) is 0 Å². The predicted molar refractivity (Wildman–Crippen MR) is 236 cm³/mol. The van der Waals surface area contributed by atoms with Gasteiger partial charge in [0.05, 0.1) is 5.56 Å². The molecule has 0 saturated carbocycles. The SMILES string of the molecule is C=Cc1oc2cc(-c3nc(-c4ccccc4)nc(-c4ccc5c6ccccc6c6cc7c8ccccc8oc7c7oc4c5c67)n3)ccc2c1/C(=C\C)c1ccccc1. The van der Waals surface area contributed by atoms with Crippen molar-refractivity contribution in [1.82, 2.24) is 15.0 Å². The summed E-state index contributed by atoms with van der Waals surface area (Å²) in [5, 5.41) is 9.64. The highest BCUT2D eigenvalue weighted by molar-refractivity contribution is 6.38. The maximum Gasteiger partial charge on any atom is 0.179 e. The summed E-state index contributed by atoms with van der Waals surface area (Å²) in [4.78, 5) is 15.4. The summed E-state index contributed by atoms with van der Waals surface area (Å²) in [6.07, 6.45) is 3.89. The van der Waals surface area contributed by atoms with Crippen LogP contribution in [0.15, 0.2) is 171 Å². The van der Waals surface area contributed by atoms with Gasteiger partial charge in [0.1, 0.15) is 22.5 Å². The van der Waals surface area contributed by atoms with Gasteiger partial charge in [0, 0.05) is 43.6 Å². The Morgan fingerprint density at radius 3 is 1.91 bits per heavy atom. The lowest BCUT2D eigenvalue weighted by atomic mass is 9.92. The first-order chi connectivity index (χ1) is 28.7. The minimum Gasteiger partial charge on any atom is -0.456 e. The van der Waals surface area contributed by atoms with E-state index in [1.54, 1.807) is 6.08 Å². The molecule has 4 aromatic heterocycles. The van der Waals surface area contributed by atoms with Gasteiger partial charge in [-0.15, -0.1) is 0 Å². The number of nitrogens with zero attached hydrogens (tertiary/aromatic N) is 3. The molecule has 272 valence electrons. The fourth-order valence-electron chi connectivity index (χ4n) is 8.87. The van der Waals surface area contributed by atoms with Crippen LogP contribution in [0.5, 0.6) is 0 Å². The number of para-hydroxylation sites is 1. The number of furan rings is 3. The number of allylic oxidation sites excluding steroid dienone is 1. The maximum atomic E-state index is 7.04. The number of benzene rings is 8. The highest BCUT2D eigenvalue weighted by atomic mass is 16.4. The van der Waals surface area contributed by atoms with Crippen LogP contribution in [0, 0.1) is 0 Å². The molecule has 12 rings (SSSR count). The minimum atomic E-state index is 0.503. The van der Waals surface area contributed by atoms with Crippen LogP contribution in [-0.2, 0) is 0 Å². The van der Waals surface area contributed by atoms with Crippen LogP contribution >= 0.6 is 0 Å². The summed E-state index contributed by atoms with van der Waals surface area (Å²) in [7, 11) is 0. The molecular formula is C52H31N3O3. The van der Waals surface area contributed by atoms with Gasteiger partial charge in [-0.05, 0) is 76.0 Å². The summed E-state index contributed by atoms with van der Waals surface area (Å²) in [6.45, 7) is 6.14. The number of aromatic nitrogens is 3. The molecule has 58 heavy (non-hydrogen) atoms. The minimum absolute atomic E-state index is 0.503. The Kier molecular flexibility index (Phi) is 6.89. The molecule has 4 heterocycles. The topological polar surface area (TPSA) is 78.1 Å². The van der Waals surface area contributed by atoms with E-state index in [2.05, 4.69) is 85.5 Å². The van der Waals surface area contributed by atoms with Crippen molar-refractivity contribution >= 4 is 88.0 Å². The van der Waals surface area contributed by atoms with Gasteiger partial charge in [0.25, 0.3) is 0 Å². The van der Waals surface area contributed by atoms with E-state index >= 15 is 0 Å². The molecule has 8 aromatic carbocycles. The van der Waals surface area contributed by atoms with E-state index in [4.69, 9.17) is 28.2 Å². The lowest BCUT2D eigenvalue weighted by Gasteiger charge is -2.11. The van der Waals surface area contributed by atoms with Crippen molar-refractivity contribution in [3.05, 3.63) is 175 Å². The third-order valence-electron chi connectivity index (χ3n) is 11.5. The van der Waals surface area contributed by atoms with Gasteiger partial charge >= 0.3 is 0 Å². The zero-order chi connectivity index (χ0) is 38.5. The van der Waals surface area contributed by atoms with Crippen molar-refractivity contribution in [2.75, 3.05) is 0 Å². The molecule has 0 spiro atoms. The van der Waals surface area contributed by atoms with E-state index in [1.165, 1.54) is 0 Å². The van der Waals surface area contributed by atoms with E-state index in [9.17, 15) is 0 Å². The molecule has 0 amide bonds. The van der Waals surface area contributed by atoms with E-state index in [0.717, 1.165) is 93.0 Å². The van der Waals surface area contributed by atoms with Gasteiger partial charge < -0.3 is 13.3 Å². The normalized spacial score (nSPS) is 12.4. The fourth-order valence-corrected chi connectivity index (χ4v) is 8.87. The van der Waals surface area contributed by atoms with Crippen molar-refractivity contribution in [2.45, 2.75) is 6.92 Å². The molecule has 0 aliphatic rings. The van der Waals surface area contributed by atoms with Gasteiger partial charge in [-0.3, -0.25) is 0 Å². The summed E-state index contributed by atoms with van der Waals surface area (Å²) < 4.78 is 20.1. The van der Waals surface area contributed by atoms with Crippen molar-refractivity contribution in [1.29, 1.82) is 0 Å². The summed E-state index contributed by atoms with van der Waals surface area (Å²) in [6, 6.07) is 49.7. The monoisotopic (exact) mass is 745 g/mol. The Hall–Kier alpha value is -7.83. The molecule has 0 aliphatic carbocycles. The number of hydrogen-bond acceptors (Lipinski definition) is 6. The van der Waals surface area contributed by atoms with Crippen LogP contribution in [0.1, 0.15) is 23.8 Å². The zero-order valence-corrected chi connectivity index (χ0v) is 31.3. The second kappa shape index (κ2) is 12.3. The third-order valence-corrected chi connectivity index (χ3v) is 11.5. The molecule has 0 bridgehead atoms. The summed E-state index contributed by atoms with van der Waals surface area (Å²) >= 11 is 0. The molecule has 6 heteroatoms. The molecule has 0 saturated heterocycles. The smallest absolute Gasteiger partial charge is 0.179 e. The molecule has 12 aromatic rings. The Morgan fingerprint density at radius 1 is 0.483 bits per heavy atom. The van der Waals surface area contributed by atoms with Gasteiger partial charge in [-0.2, -0.15) is 0 Å². The van der Waals surface area contributed by atoms with Gasteiger partial charge in [-0.25, -0.2) is 15.0 Å². The second-order valence-electron chi connectivity index (χ2n) is 14.6. The number of fused-ring (bicyclic) bond motifs is 8. The largest absolute Gasteiger partial charge is 0.456 e. The predicted octanol–water partition coefficient (Wildman–Crippen LogP) is 14.3. The van der Waals surface area contributed by atoms with Crippen LogP contribution in [0.25, 0.3) is 122 Å². The summed E-state index contributed by atoms with van der Waals surface area (Å²) in [5.41, 5.74) is 9.30. The van der Waals surface area contributed by atoms with E-state index < -0.39 is 0 Å². The fraction of sp³-hybridized carbons (Fsp3) is 0.0192. The molecule has 0 radical (unpaired) electrons. The van der Waals surface area contributed by atoms with Crippen molar-refractivity contribution < 1.29 is 13.3 Å². The Morgan fingerprint density at radius 2 is 1.14 bits per heavy atom.